The van der Waals surface area contributed by atoms with E-state index in [1.807, 2.05) is 13.0 Å². The van der Waals surface area contributed by atoms with Gasteiger partial charge in [-0.1, -0.05) is 0 Å². The zero-order valence-corrected chi connectivity index (χ0v) is 6.05. The van der Waals surface area contributed by atoms with Crippen LogP contribution in [0.15, 0.2) is 16.5 Å². The lowest BCUT2D eigenvalue weighted by Gasteiger charge is -2.24. The summed E-state index contributed by atoms with van der Waals surface area (Å²) in [6, 6.07) is 4.09. The largest absolute Gasteiger partial charge is 0.466 e. The SMILES string of the molecule is Cc1ccc(C2CNC2)o1. The molecule has 1 aliphatic rings. The summed E-state index contributed by atoms with van der Waals surface area (Å²) >= 11 is 0. The Kier molecular flexibility index (Phi) is 1.27. The van der Waals surface area contributed by atoms with Gasteiger partial charge in [-0.2, -0.15) is 0 Å². The van der Waals surface area contributed by atoms with Gasteiger partial charge in [0.2, 0.25) is 0 Å². The second-order valence-electron chi connectivity index (χ2n) is 2.80. The fourth-order valence-electron chi connectivity index (χ4n) is 1.16. The fourth-order valence-corrected chi connectivity index (χ4v) is 1.16. The molecule has 1 aliphatic heterocycles. The highest BCUT2D eigenvalue weighted by Gasteiger charge is 2.21. The maximum atomic E-state index is 5.45. The monoisotopic (exact) mass is 137 g/mol. The first-order valence-corrected chi connectivity index (χ1v) is 3.63. The number of furan rings is 1. The highest BCUT2D eigenvalue weighted by molar-refractivity contribution is 5.13. The molecule has 10 heavy (non-hydrogen) atoms. The number of hydrogen-bond acceptors (Lipinski definition) is 2. The molecule has 1 N–H and O–H groups in total. The minimum absolute atomic E-state index is 0.633. The summed E-state index contributed by atoms with van der Waals surface area (Å²) in [5.74, 6) is 2.78. The van der Waals surface area contributed by atoms with Crippen LogP contribution in [0.5, 0.6) is 0 Å². The Morgan fingerprint density at radius 3 is 2.70 bits per heavy atom. The normalized spacial score (nSPS) is 18.9. The minimum Gasteiger partial charge on any atom is -0.466 e. The molecule has 1 fully saturated rings. The van der Waals surface area contributed by atoms with E-state index in [9.17, 15) is 0 Å². The van der Waals surface area contributed by atoms with Crippen LogP contribution in [0.2, 0.25) is 0 Å². The first-order chi connectivity index (χ1) is 4.86. The summed E-state index contributed by atoms with van der Waals surface area (Å²) in [7, 11) is 0. The first-order valence-electron chi connectivity index (χ1n) is 3.63. The van der Waals surface area contributed by atoms with E-state index in [1.54, 1.807) is 0 Å². The predicted octanol–water partition coefficient (Wildman–Crippen LogP) is 1.27. The van der Waals surface area contributed by atoms with Gasteiger partial charge in [-0.05, 0) is 19.1 Å². The molecule has 0 aromatic carbocycles. The lowest BCUT2D eigenvalue weighted by molar-refractivity contribution is 0.361. The van der Waals surface area contributed by atoms with Crippen LogP contribution in [-0.4, -0.2) is 13.1 Å². The van der Waals surface area contributed by atoms with E-state index >= 15 is 0 Å². The van der Waals surface area contributed by atoms with Crippen LogP contribution >= 0.6 is 0 Å². The number of aryl methyl sites for hydroxylation is 1. The quantitative estimate of drug-likeness (QED) is 0.630. The van der Waals surface area contributed by atoms with Crippen LogP contribution in [0.25, 0.3) is 0 Å². The third kappa shape index (κ3) is 0.847. The van der Waals surface area contributed by atoms with E-state index < -0.39 is 0 Å². The van der Waals surface area contributed by atoms with Crippen molar-refractivity contribution in [2.24, 2.45) is 0 Å². The Bertz CT molecular complexity index is 225. The van der Waals surface area contributed by atoms with Crippen molar-refractivity contribution >= 4 is 0 Å². The number of nitrogens with one attached hydrogen (secondary N) is 1. The molecule has 0 saturated carbocycles. The van der Waals surface area contributed by atoms with Crippen molar-refractivity contribution < 1.29 is 4.42 Å². The van der Waals surface area contributed by atoms with E-state index in [4.69, 9.17) is 4.42 Å². The second kappa shape index (κ2) is 2.13. The smallest absolute Gasteiger partial charge is 0.109 e. The maximum absolute atomic E-state index is 5.45. The first kappa shape index (κ1) is 5.98. The van der Waals surface area contributed by atoms with Gasteiger partial charge in [-0.3, -0.25) is 0 Å². The third-order valence-electron chi connectivity index (χ3n) is 1.94. The molecule has 1 aromatic rings. The molecule has 2 heteroatoms. The predicted molar refractivity (Wildman–Crippen MR) is 39.1 cm³/mol. The van der Waals surface area contributed by atoms with Crippen molar-refractivity contribution in [2.75, 3.05) is 13.1 Å². The lowest BCUT2D eigenvalue weighted by atomic mass is 10.0. The highest BCUT2D eigenvalue weighted by atomic mass is 16.3. The maximum Gasteiger partial charge on any atom is 0.109 e. The molecule has 54 valence electrons. The van der Waals surface area contributed by atoms with Crippen molar-refractivity contribution in [1.29, 1.82) is 0 Å². The topological polar surface area (TPSA) is 25.2 Å². The van der Waals surface area contributed by atoms with Crippen molar-refractivity contribution in [2.45, 2.75) is 12.8 Å². The summed E-state index contributed by atoms with van der Waals surface area (Å²) < 4.78 is 5.45. The van der Waals surface area contributed by atoms with Gasteiger partial charge in [0, 0.05) is 19.0 Å². The van der Waals surface area contributed by atoms with Crippen LogP contribution in [-0.2, 0) is 0 Å². The molecule has 2 heterocycles. The van der Waals surface area contributed by atoms with Crippen LogP contribution < -0.4 is 5.32 Å². The summed E-state index contributed by atoms with van der Waals surface area (Å²) in [6.45, 7) is 4.13. The molecule has 0 aliphatic carbocycles. The molecule has 0 unspecified atom stereocenters. The Hall–Kier alpha value is -0.760. The summed E-state index contributed by atoms with van der Waals surface area (Å²) in [5.41, 5.74) is 0. The van der Waals surface area contributed by atoms with E-state index in [2.05, 4.69) is 11.4 Å². The zero-order valence-electron chi connectivity index (χ0n) is 6.05. The molecule has 1 saturated heterocycles. The van der Waals surface area contributed by atoms with Crippen LogP contribution in [0.4, 0.5) is 0 Å². The van der Waals surface area contributed by atoms with Crippen molar-refractivity contribution in [3.8, 4) is 0 Å². The Balaban J connectivity index is 2.17. The fraction of sp³-hybridized carbons (Fsp3) is 0.500. The molecular formula is C8H11NO. The van der Waals surface area contributed by atoms with Crippen molar-refractivity contribution in [3.63, 3.8) is 0 Å². The van der Waals surface area contributed by atoms with Gasteiger partial charge in [0.15, 0.2) is 0 Å². The molecule has 2 rings (SSSR count). The molecule has 0 spiro atoms. The number of hydrogen-bond donors (Lipinski definition) is 1. The molecule has 0 bridgehead atoms. The Morgan fingerprint density at radius 2 is 2.30 bits per heavy atom. The van der Waals surface area contributed by atoms with Gasteiger partial charge < -0.3 is 9.73 Å². The zero-order chi connectivity index (χ0) is 6.97. The average molecular weight is 137 g/mol. The molecular weight excluding hydrogens is 126 g/mol. The summed E-state index contributed by atoms with van der Waals surface area (Å²) in [4.78, 5) is 0. The van der Waals surface area contributed by atoms with Gasteiger partial charge in [0.05, 0.1) is 0 Å². The molecule has 0 atom stereocenters. The Labute approximate surface area is 60.2 Å². The lowest BCUT2D eigenvalue weighted by Crippen LogP contribution is -2.39. The molecule has 0 amide bonds. The van der Waals surface area contributed by atoms with Gasteiger partial charge in [-0.25, -0.2) is 0 Å². The van der Waals surface area contributed by atoms with Crippen LogP contribution in [0.3, 0.4) is 0 Å². The van der Waals surface area contributed by atoms with E-state index in [-0.39, 0.29) is 0 Å². The molecule has 0 radical (unpaired) electrons. The average Bonchev–Trinajstić information content (AvgIpc) is 2.10. The van der Waals surface area contributed by atoms with Crippen molar-refractivity contribution in [1.82, 2.24) is 5.32 Å². The van der Waals surface area contributed by atoms with E-state index in [0.717, 1.165) is 24.6 Å². The summed E-state index contributed by atoms with van der Waals surface area (Å²) in [5, 5.41) is 3.21. The standard InChI is InChI=1S/C8H11NO/c1-6-2-3-8(10-6)7-4-9-5-7/h2-3,7,9H,4-5H2,1H3. The van der Waals surface area contributed by atoms with Gasteiger partial charge in [0.25, 0.3) is 0 Å². The van der Waals surface area contributed by atoms with E-state index in [1.165, 1.54) is 0 Å². The number of rotatable bonds is 1. The van der Waals surface area contributed by atoms with Gasteiger partial charge >= 0.3 is 0 Å². The highest BCUT2D eigenvalue weighted by Crippen LogP contribution is 2.21. The summed E-state index contributed by atoms with van der Waals surface area (Å²) in [6.07, 6.45) is 0. The van der Waals surface area contributed by atoms with Gasteiger partial charge in [0.1, 0.15) is 11.5 Å². The van der Waals surface area contributed by atoms with Crippen molar-refractivity contribution in [3.05, 3.63) is 23.7 Å². The minimum atomic E-state index is 0.633. The van der Waals surface area contributed by atoms with E-state index in [0.29, 0.717) is 5.92 Å². The molecule has 1 aromatic heterocycles. The van der Waals surface area contributed by atoms with Crippen LogP contribution in [0.1, 0.15) is 17.4 Å². The van der Waals surface area contributed by atoms with Gasteiger partial charge in [-0.15, -0.1) is 0 Å². The Morgan fingerprint density at radius 1 is 1.50 bits per heavy atom. The third-order valence-corrected chi connectivity index (χ3v) is 1.94. The second-order valence-corrected chi connectivity index (χ2v) is 2.80. The molecule has 2 nitrogen and oxygen atoms in total. The van der Waals surface area contributed by atoms with Crippen LogP contribution in [0, 0.1) is 6.92 Å².